The van der Waals surface area contributed by atoms with E-state index in [0.29, 0.717) is 48.0 Å². The third-order valence-corrected chi connectivity index (χ3v) is 27.0. The van der Waals surface area contributed by atoms with E-state index in [1.807, 2.05) is 176 Å². The van der Waals surface area contributed by atoms with Crippen LogP contribution in [0.15, 0.2) is 212 Å². The summed E-state index contributed by atoms with van der Waals surface area (Å²) in [6.45, 7) is 12.5. The minimum absolute atomic E-state index is 0.0529. The third-order valence-electron chi connectivity index (χ3n) is 27.0. The van der Waals surface area contributed by atoms with E-state index >= 15 is 0 Å². The number of benzene rings is 7. The van der Waals surface area contributed by atoms with Crippen molar-refractivity contribution in [1.29, 1.82) is 0 Å². The summed E-state index contributed by atoms with van der Waals surface area (Å²) >= 11 is 0. The molecule has 0 radical (unpaired) electrons. The highest BCUT2D eigenvalue weighted by atomic mass is 16.8. The minimum atomic E-state index is -1.56. The molecule has 0 unspecified atom stereocenters. The number of hydrogen-bond acceptors (Lipinski definition) is 17. The molecule has 1 spiro atoms. The average molecular weight is 1500 g/mol. The fraction of sp³-hybridized carbons (Fsp3) is 0.548. The van der Waals surface area contributed by atoms with Crippen LogP contribution in [0.25, 0.3) is 0 Å². The molecule has 10 fully saturated rings. The second kappa shape index (κ2) is 34.5. The highest BCUT2D eigenvalue weighted by Crippen LogP contribution is 2.71. The van der Waals surface area contributed by atoms with E-state index in [1.165, 1.54) is 25.7 Å². The van der Waals surface area contributed by atoms with E-state index in [2.05, 4.69) is 64.1 Å². The number of aliphatic hydroxyl groups is 1. The number of rotatable bonds is 26. The molecule has 1 N–H and O–H groups in total. The number of fused-ring (bicyclic) bond motifs is 8. The summed E-state index contributed by atoms with van der Waals surface area (Å²) in [7, 11) is 0. The van der Waals surface area contributed by atoms with E-state index < -0.39 is 98.1 Å². The van der Waals surface area contributed by atoms with Crippen LogP contribution in [0.4, 0.5) is 0 Å². The van der Waals surface area contributed by atoms with Gasteiger partial charge < -0.3 is 80.9 Å². The highest BCUT2D eigenvalue weighted by Gasteiger charge is 2.70. The van der Waals surface area contributed by atoms with E-state index in [1.54, 1.807) is 0 Å². The molecule has 7 aromatic rings. The largest absolute Gasteiger partial charge is 0.385 e. The maximum atomic E-state index is 13.7. The predicted octanol–water partition coefficient (Wildman–Crippen LogP) is 16.0. The minimum Gasteiger partial charge on any atom is -0.385 e. The summed E-state index contributed by atoms with van der Waals surface area (Å²) in [5.41, 5.74) is 7.00. The van der Waals surface area contributed by atoms with E-state index in [0.717, 1.165) is 84.1 Å². The van der Waals surface area contributed by atoms with Gasteiger partial charge in [0.1, 0.15) is 67.1 Å². The fourth-order valence-electron chi connectivity index (χ4n) is 21.2. The van der Waals surface area contributed by atoms with Crippen LogP contribution < -0.4 is 0 Å². The molecule has 0 amide bonds. The van der Waals surface area contributed by atoms with Crippen LogP contribution in [0.1, 0.15) is 137 Å². The van der Waals surface area contributed by atoms with Crippen molar-refractivity contribution in [2.45, 2.75) is 242 Å². The molecule has 6 heterocycles. The van der Waals surface area contributed by atoms with Gasteiger partial charge in [0.05, 0.1) is 78.3 Å². The van der Waals surface area contributed by atoms with E-state index in [-0.39, 0.29) is 75.9 Å². The van der Waals surface area contributed by atoms with Gasteiger partial charge in [0.15, 0.2) is 30.9 Å². The normalized spacial score (nSPS) is 38.7. The SMILES string of the molecule is C[C@@H]1CC[C@@]2(OC1)O[C@H]1C[C@H]3[C@@H]4CC[C@H]5C[C@@H](O[C@@H]6O[C@H](COCc7ccccc7)[C@H](O[C@@H]7O[C@@H]8CO[C@@H](c9ccccc9)O[C@H]8[C@H](O[C@@H]8OC[C@@H](OCc9ccccc9)[C@H](OCc9ccccc9)[C@H]8OCc8ccccc8)[C@H]7O)[C@H](OCc7ccccc7)[C@H]6OCc6ccccc6)CC[C@]5(C)[C@H]4CC[C@]3(C)[C@H]1[C@@H]2C. The maximum Gasteiger partial charge on any atom is 0.187 e. The summed E-state index contributed by atoms with van der Waals surface area (Å²) in [5, 5.41) is 13.7. The lowest BCUT2D eigenvalue weighted by atomic mass is 9.44. The Kier molecular flexibility index (Phi) is 24.0. The van der Waals surface area contributed by atoms with E-state index in [4.69, 9.17) is 75.8 Å². The monoisotopic (exact) mass is 1500 g/mol. The molecule has 10 aliphatic rings. The van der Waals surface area contributed by atoms with E-state index in [9.17, 15) is 5.11 Å². The van der Waals surface area contributed by atoms with Crippen molar-refractivity contribution in [3.8, 4) is 0 Å². The lowest BCUT2D eigenvalue weighted by Gasteiger charge is -2.61. The Morgan fingerprint density at radius 3 is 1.55 bits per heavy atom. The first kappa shape index (κ1) is 76.5. The molecule has 6 saturated heterocycles. The van der Waals surface area contributed by atoms with Gasteiger partial charge in [-0.1, -0.05) is 240 Å². The second-order valence-electron chi connectivity index (χ2n) is 33.7. The standard InChI is InChI=1S/C93H112O17/c1-60-42-47-93(103-50-60)61(2)78-74(110-93)49-73-71-41-40-69-48-70(43-45-91(69,3)72(71)44-46-92(73,78)4)104-90-86(100-56-67-36-22-10-23-37-67)84(98-54-65-32-18-8-19-33-65)82(76(106-90)57-95-51-62-26-12-5-13-27-62)108-88-79(94)83(81-77(105-88)59-101-87(107-81)68-38-24-11-25-39-68)109-89-85(99-55-66-34-20-9-21-35-66)80(97-53-64-30-16-7-17-31-64)75(58-102-89)96-52-63-28-14-6-15-29-63/h5-39,60-61,69-90,94H,40-59H2,1-4H3/t60-,61+,69+,70+,71-,72+,73+,74+,75-,76-,77-,78+,79-,80+,81-,82+,83-,84+,85-,86-,87-,88+,89+,90-,91+,92+,93-/m1/s1. The van der Waals surface area contributed by atoms with Crippen molar-refractivity contribution in [2.24, 2.45) is 52.3 Å². The Morgan fingerprint density at radius 1 is 0.427 bits per heavy atom. The molecule has 0 aromatic heterocycles. The molecule has 17 rings (SSSR count). The van der Waals surface area contributed by atoms with Crippen molar-refractivity contribution >= 4 is 0 Å². The first-order valence-corrected chi connectivity index (χ1v) is 41.0. The van der Waals surface area contributed by atoms with Gasteiger partial charge in [-0.05, 0) is 138 Å². The summed E-state index contributed by atoms with van der Waals surface area (Å²) in [6.07, 6.45) is -3.66. The molecule has 110 heavy (non-hydrogen) atoms. The van der Waals surface area contributed by atoms with Crippen LogP contribution in [-0.2, 0) is 115 Å². The zero-order chi connectivity index (χ0) is 74.6. The van der Waals surface area contributed by atoms with Gasteiger partial charge in [0.2, 0.25) is 0 Å². The Hall–Kier alpha value is -6.14. The first-order valence-electron chi connectivity index (χ1n) is 41.0. The van der Waals surface area contributed by atoms with Gasteiger partial charge in [-0.3, -0.25) is 0 Å². The van der Waals surface area contributed by atoms with Crippen molar-refractivity contribution in [1.82, 2.24) is 0 Å². The molecule has 586 valence electrons. The molecule has 4 aliphatic carbocycles. The summed E-state index contributed by atoms with van der Waals surface area (Å²) in [6, 6.07) is 70.3. The van der Waals surface area contributed by atoms with Crippen LogP contribution in [0.2, 0.25) is 0 Å². The Balaban J connectivity index is 0.682. The van der Waals surface area contributed by atoms with Crippen LogP contribution in [-0.4, -0.2) is 136 Å². The molecule has 0 bridgehead atoms. The smallest absolute Gasteiger partial charge is 0.187 e. The summed E-state index contributed by atoms with van der Waals surface area (Å²) in [4.78, 5) is 0. The van der Waals surface area contributed by atoms with Gasteiger partial charge in [-0.25, -0.2) is 0 Å². The first-order chi connectivity index (χ1) is 53.9. The molecule has 7 aromatic carbocycles. The van der Waals surface area contributed by atoms with Crippen molar-refractivity contribution in [2.75, 3.05) is 26.4 Å². The molecule has 17 heteroatoms. The van der Waals surface area contributed by atoms with Gasteiger partial charge in [-0.2, -0.15) is 0 Å². The Labute approximate surface area is 649 Å². The fourth-order valence-corrected chi connectivity index (χ4v) is 21.2. The zero-order valence-electron chi connectivity index (χ0n) is 64.2. The number of aliphatic hydroxyl groups excluding tert-OH is 1. The quantitative estimate of drug-likeness (QED) is 0.0508. The lowest BCUT2D eigenvalue weighted by molar-refractivity contribution is -0.408. The van der Waals surface area contributed by atoms with Crippen LogP contribution in [0.3, 0.4) is 0 Å². The van der Waals surface area contributed by atoms with Crippen molar-refractivity contribution < 1.29 is 80.9 Å². The molecular weight excluding hydrogens is 1390 g/mol. The van der Waals surface area contributed by atoms with Gasteiger partial charge in [-0.15, -0.1) is 0 Å². The topological polar surface area (TPSA) is 168 Å². The van der Waals surface area contributed by atoms with Crippen LogP contribution in [0.5, 0.6) is 0 Å². The molecule has 17 nitrogen and oxygen atoms in total. The Bertz CT molecular complexity index is 3980. The molecule has 4 saturated carbocycles. The van der Waals surface area contributed by atoms with Crippen molar-refractivity contribution in [3.63, 3.8) is 0 Å². The Morgan fingerprint density at radius 2 is 0.964 bits per heavy atom. The predicted molar refractivity (Wildman–Crippen MR) is 411 cm³/mol. The number of ether oxygens (including phenoxy) is 16. The zero-order valence-corrected chi connectivity index (χ0v) is 64.2. The second-order valence-corrected chi connectivity index (χ2v) is 33.7. The molecular formula is C93H112O17. The summed E-state index contributed by atoms with van der Waals surface area (Å²) < 4.78 is 114. The molecule has 6 aliphatic heterocycles. The van der Waals surface area contributed by atoms with Gasteiger partial charge in [0, 0.05) is 17.9 Å². The molecule has 27 atom stereocenters. The highest BCUT2D eigenvalue weighted by molar-refractivity contribution is 5.22. The maximum absolute atomic E-state index is 13.7. The number of hydrogen-bond donors (Lipinski definition) is 1. The summed E-state index contributed by atoms with van der Waals surface area (Å²) in [5.74, 6) is 3.48. The van der Waals surface area contributed by atoms with Gasteiger partial charge >= 0.3 is 0 Å². The third kappa shape index (κ3) is 16.5. The van der Waals surface area contributed by atoms with Crippen LogP contribution in [0, 0.1) is 52.3 Å². The van der Waals surface area contributed by atoms with Crippen molar-refractivity contribution in [3.05, 3.63) is 251 Å². The average Bonchev–Trinajstić information content (AvgIpc) is 1.54. The van der Waals surface area contributed by atoms with Gasteiger partial charge in [0.25, 0.3) is 0 Å². The lowest BCUT2D eigenvalue weighted by Crippen LogP contribution is -2.68. The van der Waals surface area contributed by atoms with Crippen LogP contribution >= 0.6 is 0 Å².